The van der Waals surface area contributed by atoms with Crippen molar-refractivity contribution >= 4 is 40.2 Å². The lowest BCUT2D eigenvalue weighted by atomic mass is 10.1. The molecule has 1 fully saturated rings. The van der Waals surface area contributed by atoms with Gasteiger partial charge in [-0.2, -0.15) is 4.99 Å². The second kappa shape index (κ2) is 11.0. The highest BCUT2D eigenvalue weighted by molar-refractivity contribution is 8.16. The largest absolute Gasteiger partial charge is 0.573 e. The Morgan fingerprint density at radius 2 is 1.64 bits per heavy atom. The summed E-state index contributed by atoms with van der Waals surface area (Å²) in [5.41, 5.74) is 4.12. The summed E-state index contributed by atoms with van der Waals surface area (Å²) < 4.78 is 41.7. The molecular weight excluding hydrogens is 569 g/mol. The minimum Gasteiger partial charge on any atom is -0.406 e. The maximum absolute atomic E-state index is 13.2. The summed E-state index contributed by atoms with van der Waals surface area (Å²) in [4.78, 5) is 36.2. The van der Waals surface area contributed by atoms with E-state index in [0.29, 0.717) is 33.6 Å². The van der Waals surface area contributed by atoms with Crippen LogP contribution in [-0.2, 0) is 4.79 Å². The summed E-state index contributed by atoms with van der Waals surface area (Å²) in [5.74, 6) is -0.122. The fraction of sp³-hybridized carbons (Fsp3) is 0.207. The van der Waals surface area contributed by atoms with Crippen molar-refractivity contribution in [1.29, 1.82) is 0 Å². The van der Waals surface area contributed by atoms with Crippen molar-refractivity contribution in [2.24, 2.45) is 4.99 Å². The third-order valence-corrected chi connectivity index (χ3v) is 7.48. The Morgan fingerprint density at radius 3 is 2.26 bits per heavy atom. The predicted octanol–water partition coefficient (Wildman–Crippen LogP) is 6.90. The van der Waals surface area contributed by atoms with E-state index in [1.54, 1.807) is 38.1 Å². The van der Waals surface area contributed by atoms with Crippen LogP contribution in [0.4, 0.5) is 29.3 Å². The van der Waals surface area contributed by atoms with Gasteiger partial charge in [0.15, 0.2) is 11.0 Å². The number of amidine groups is 1. The number of nitrogens with zero attached hydrogens (tertiary/aromatic N) is 5. The molecule has 2 heterocycles. The summed E-state index contributed by atoms with van der Waals surface area (Å²) in [6, 6.07) is 17.1. The maximum Gasteiger partial charge on any atom is 0.573 e. The van der Waals surface area contributed by atoms with Crippen LogP contribution in [0.1, 0.15) is 25.0 Å². The molecule has 5 rings (SSSR count). The van der Waals surface area contributed by atoms with Gasteiger partial charge in [-0.25, -0.2) is 14.5 Å². The second-order valence-corrected chi connectivity index (χ2v) is 11.5. The van der Waals surface area contributed by atoms with Crippen LogP contribution in [0.25, 0.3) is 17.1 Å². The van der Waals surface area contributed by atoms with Crippen molar-refractivity contribution < 1.29 is 27.5 Å². The van der Waals surface area contributed by atoms with Crippen molar-refractivity contribution in [3.63, 3.8) is 0 Å². The molecule has 0 radical (unpaired) electrons. The lowest BCUT2D eigenvalue weighted by Crippen LogP contribution is -2.37. The molecule has 0 unspecified atom stereocenters. The van der Waals surface area contributed by atoms with Crippen molar-refractivity contribution in [2.75, 3.05) is 10.2 Å². The number of hydrogen-bond acceptors (Lipinski definition) is 6. The Kier molecular flexibility index (Phi) is 7.54. The number of benzene rings is 3. The van der Waals surface area contributed by atoms with E-state index in [9.17, 15) is 22.8 Å². The molecule has 42 heavy (non-hydrogen) atoms. The molecule has 0 bridgehead atoms. The van der Waals surface area contributed by atoms with E-state index in [0.717, 1.165) is 11.1 Å². The highest BCUT2D eigenvalue weighted by atomic mass is 32.2. The Balaban J connectivity index is 1.29. The molecule has 9 nitrogen and oxygen atoms in total. The van der Waals surface area contributed by atoms with Crippen LogP contribution in [-0.4, -0.2) is 43.0 Å². The maximum atomic E-state index is 13.2. The predicted molar refractivity (Wildman–Crippen MR) is 155 cm³/mol. The van der Waals surface area contributed by atoms with Crippen molar-refractivity contribution in [2.45, 2.75) is 38.8 Å². The Bertz CT molecular complexity index is 1660. The normalized spacial score (nSPS) is 15.7. The van der Waals surface area contributed by atoms with Crippen LogP contribution < -0.4 is 15.0 Å². The number of hydrogen-bond donors (Lipinski definition) is 1. The number of amides is 3. The van der Waals surface area contributed by atoms with Crippen LogP contribution >= 0.6 is 11.8 Å². The fourth-order valence-electron chi connectivity index (χ4n) is 4.36. The molecule has 1 aliphatic heterocycles. The number of thioether (sulfide) groups is 1. The molecule has 1 N–H and O–H groups in total. The number of carbonyl (C=O) groups excluding carboxylic acids is 2. The first kappa shape index (κ1) is 28.9. The molecule has 1 aromatic heterocycles. The zero-order valence-electron chi connectivity index (χ0n) is 22.9. The van der Waals surface area contributed by atoms with Crippen molar-refractivity contribution in [3.05, 3.63) is 84.2 Å². The van der Waals surface area contributed by atoms with E-state index in [4.69, 9.17) is 0 Å². The van der Waals surface area contributed by atoms with E-state index in [-0.39, 0.29) is 11.7 Å². The lowest BCUT2D eigenvalue weighted by molar-refractivity contribution is -0.274. The van der Waals surface area contributed by atoms with Crippen LogP contribution in [0, 0.1) is 13.8 Å². The van der Waals surface area contributed by atoms with Gasteiger partial charge in [-0.05, 0) is 87.4 Å². The number of aromatic nitrogens is 3. The number of halogens is 3. The standard InChI is InChI=1S/C29H25F3N6O3S/c1-17-6-5-7-18(2)23(17)38-25(39)28(3,4)42-27(38)35-26(40)34-20-10-8-19(9-11-20)24-33-16-37(36-24)21-12-14-22(15-13-21)41-29(30,31)32/h5-16H,1-4H3,(H,34,40). The Labute approximate surface area is 243 Å². The molecule has 13 heteroatoms. The number of anilines is 2. The van der Waals surface area contributed by atoms with Gasteiger partial charge in [-0.3, -0.25) is 9.69 Å². The summed E-state index contributed by atoms with van der Waals surface area (Å²) in [7, 11) is 0. The van der Waals surface area contributed by atoms with Gasteiger partial charge in [0.05, 0.1) is 16.1 Å². The summed E-state index contributed by atoms with van der Waals surface area (Å²) in [5, 5.41) is 7.40. The molecule has 216 valence electrons. The Morgan fingerprint density at radius 1 is 1.00 bits per heavy atom. The first-order valence-corrected chi connectivity index (χ1v) is 13.5. The average Bonchev–Trinajstić information content (AvgIpc) is 3.48. The van der Waals surface area contributed by atoms with Gasteiger partial charge in [0, 0.05) is 11.3 Å². The number of alkyl halides is 3. The van der Waals surface area contributed by atoms with Gasteiger partial charge in [-0.1, -0.05) is 30.0 Å². The summed E-state index contributed by atoms with van der Waals surface area (Å²) in [6.45, 7) is 7.41. The fourth-order valence-corrected chi connectivity index (χ4v) is 5.39. The van der Waals surface area contributed by atoms with E-state index < -0.39 is 17.1 Å². The minimum atomic E-state index is -4.77. The molecule has 4 aromatic rings. The number of carbonyl (C=O) groups is 2. The van der Waals surface area contributed by atoms with Crippen molar-refractivity contribution in [1.82, 2.24) is 14.8 Å². The number of ether oxygens (including phenoxy) is 1. The number of aliphatic imine (C=N–C) groups is 1. The SMILES string of the molecule is Cc1cccc(C)c1N1C(=O)C(C)(C)SC1=NC(=O)Nc1ccc(-c2ncn(-c3ccc(OC(F)(F)F)cc3)n2)cc1. The molecule has 1 aliphatic rings. The number of urea groups is 1. The van der Waals surface area contributed by atoms with E-state index >= 15 is 0 Å². The quantitative estimate of drug-likeness (QED) is 0.270. The molecule has 0 spiro atoms. The molecule has 0 aliphatic carbocycles. The number of aryl methyl sites for hydroxylation is 2. The molecular formula is C29H25F3N6O3S. The van der Waals surface area contributed by atoms with Crippen molar-refractivity contribution in [3.8, 4) is 22.8 Å². The highest BCUT2D eigenvalue weighted by Gasteiger charge is 2.46. The third-order valence-electron chi connectivity index (χ3n) is 6.34. The zero-order valence-corrected chi connectivity index (χ0v) is 23.7. The van der Waals surface area contributed by atoms with Gasteiger partial charge >= 0.3 is 12.4 Å². The molecule has 1 saturated heterocycles. The first-order valence-electron chi connectivity index (χ1n) is 12.7. The molecule has 3 amide bonds. The van der Waals surface area contributed by atoms with Crippen LogP contribution in [0.5, 0.6) is 5.75 Å². The zero-order chi connectivity index (χ0) is 30.2. The number of rotatable bonds is 5. The third kappa shape index (κ3) is 6.15. The Hall–Kier alpha value is -4.65. The van der Waals surface area contributed by atoms with E-state index in [1.807, 2.05) is 32.0 Å². The minimum absolute atomic E-state index is 0.154. The topological polar surface area (TPSA) is 102 Å². The van der Waals surface area contributed by atoms with Gasteiger partial charge in [0.2, 0.25) is 5.91 Å². The lowest BCUT2D eigenvalue weighted by Gasteiger charge is -2.22. The smallest absolute Gasteiger partial charge is 0.406 e. The van der Waals surface area contributed by atoms with Gasteiger partial charge in [0.25, 0.3) is 0 Å². The average molecular weight is 595 g/mol. The van der Waals surface area contributed by atoms with Gasteiger partial charge in [0.1, 0.15) is 12.1 Å². The van der Waals surface area contributed by atoms with Gasteiger partial charge in [-0.15, -0.1) is 18.3 Å². The second-order valence-electron chi connectivity index (χ2n) is 9.95. The number of nitrogens with one attached hydrogen (secondary N) is 1. The highest BCUT2D eigenvalue weighted by Crippen LogP contribution is 2.41. The molecule has 3 aromatic carbocycles. The van der Waals surface area contributed by atoms with Crippen LogP contribution in [0.2, 0.25) is 0 Å². The molecule has 0 atom stereocenters. The summed E-state index contributed by atoms with van der Waals surface area (Å²) >= 11 is 1.23. The van der Waals surface area contributed by atoms with Crippen LogP contribution in [0.15, 0.2) is 78.0 Å². The van der Waals surface area contributed by atoms with Gasteiger partial charge < -0.3 is 10.1 Å². The van der Waals surface area contributed by atoms with E-state index in [2.05, 4.69) is 25.1 Å². The monoisotopic (exact) mass is 594 g/mol. The van der Waals surface area contributed by atoms with Crippen LogP contribution in [0.3, 0.4) is 0 Å². The summed E-state index contributed by atoms with van der Waals surface area (Å²) in [6.07, 6.45) is -3.34. The first-order chi connectivity index (χ1) is 19.8. The molecule has 0 saturated carbocycles. The number of para-hydroxylation sites is 1. The van der Waals surface area contributed by atoms with E-state index in [1.165, 1.54) is 51.9 Å².